The number of carbonyl (C=O) groups is 3. The van der Waals surface area contributed by atoms with Gasteiger partial charge in [-0.05, 0) is 150 Å². The van der Waals surface area contributed by atoms with E-state index in [1.807, 2.05) is 51.6 Å². The highest BCUT2D eigenvalue weighted by Gasteiger charge is 2.81. The van der Waals surface area contributed by atoms with Gasteiger partial charge in [0.25, 0.3) is 5.91 Å². The molecule has 0 bridgehead atoms. The standard InChI is InChI=1S/C54H87F2N3O13/c1-14-40-52(11,67)44(64)31(4)59(21-15-18-48(5,6)41(27-38(61)30(3)45(65)69-40)70-46-43(63)37(58(12)13)23-29(2)68-46)22-16-20-57-47(66)54-42(71-49(7,8)72-54)26-33-34-25-36(55)35-24-32(60)17-19-50(35,9)53(34,56)39(62)28-51(33,54)10/h17,19,24,29-31,33-34,36-44,46,61-64,67H,14-16,18,20-23,25-28H2,1-13H3,(H,57,66)/t29-,30+,31+,33?,34?,36-,37-,38-,39-,40+,41+,42+,43?,44-,46+,50-,51-,52-,53-,54-/m0/s1. The highest BCUT2D eigenvalue weighted by molar-refractivity contribution is 6.01. The molecule has 7 rings (SSSR count). The molecule has 410 valence electrons. The number of esters is 1. The van der Waals surface area contributed by atoms with Crippen molar-refractivity contribution in [2.75, 3.05) is 33.7 Å². The Labute approximate surface area is 425 Å². The molecule has 3 saturated carbocycles. The Morgan fingerprint density at radius 2 is 1.67 bits per heavy atom. The average Bonchev–Trinajstić information content (AvgIpc) is 3.71. The number of aliphatic hydroxyl groups is 5. The van der Waals surface area contributed by atoms with Crippen LogP contribution in [0.3, 0.4) is 0 Å². The summed E-state index contributed by atoms with van der Waals surface area (Å²) in [7, 11) is 3.78. The summed E-state index contributed by atoms with van der Waals surface area (Å²) in [5.74, 6) is -5.59. The van der Waals surface area contributed by atoms with E-state index in [4.69, 9.17) is 23.7 Å². The number of amides is 1. The Kier molecular flexibility index (Phi) is 16.3. The number of rotatable bonds is 9. The molecule has 0 aromatic carbocycles. The fourth-order valence-electron chi connectivity index (χ4n) is 14.4. The van der Waals surface area contributed by atoms with Gasteiger partial charge in [-0.1, -0.05) is 33.8 Å². The number of nitrogens with one attached hydrogen (secondary N) is 1. The van der Waals surface area contributed by atoms with Crippen LogP contribution in [-0.2, 0) is 38.1 Å². The van der Waals surface area contributed by atoms with E-state index in [9.17, 15) is 39.9 Å². The van der Waals surface area contributed by atoms with Crippen molar-refractivity contribution >= 4 is 17.7 Å². The fraction of sp³-hybridized carbons (Fsp3) is 0.870. The molecule has 3 unspecified atom stereocenters. The van der Waals surface area contributed by atoms with Crippen LogP contribution in [0.2, 0.25) is 0 Å². The lowest BCUT2D eigenvalue weighted by atomic mass is 9.44. The molecule has 6 N–H and O–H groups in total. The van der Waals surface area contributed by atoms with Gasteiger partial charge in [0.1, 0.15) is 30.1 Å². The van der Waals surface area contributed by atoms with Gasteiger partial charge in [-0.3, -0.25) is 19.3 Å². The minimum atomic E-state index is -2.34. The van der Waals surface area contributed by atoms with Crippen LogP contribution in [-0.4, -0.2) is 183 Å². The van der Waals surface area contributed by atoms with Crippen molar-refractivity contribution in [1.29, 1.82) is 0 Å². The van der Waals surface area contributed by atoms with Gasteiger partial charge in [-0.2, -0.15) is 0 Å². The number of cyclic esters (lactones) is 1. The maximum atomic E-state index is 18.0. The Balaban J connectivity index is 1.11. The highest BCUT2D eigenvalue weighted by Crippen LogP contribution is 2.72. The molecule has 0 aromatic heterocycles. The number of halogens is 2. The number of aliphatic hydroxyl groups excluding tert-OH is 4. The number of ketones is 1. The predicted molar refractivity (Wildman–Crippen MR) is 262 cm³/mol. The van der Waals surface area contributed by atoms with E-state index in [0.717, 1.165) is 6.08 Å². The van der Waals surface area contributed by atoms with Crippen LogP contribution in [0, 0.1) is 34.0 Å². The summed E-state index contributed by atoms with van der Waals surface area (Å²) >= 11 is 0. The van der Waals surface area contributed by atoms with Crippen molar-refractivity contribution < 1.29 is 72.4 Å². The number of hydrogen-bond donors (Lipinski definition) is 6. The van der Waals surface area contributed by atoms with Gasteiger partial charge < -0.3 is 59.4 Å². The molecule has 6 fully saturated rings. The van der Waals surface area contributed by atoms with Gasteiger partial charge in [0.15, 0.2) is 29.1 Å². The first kappa shape index (κ1) is 57.2. The minimum Gasteiger partial charge on any atom is -0.459 e. The molecule has 4 aliphatic carbocycles. The second-order valence-electron chi connectivity index (χ2n) is 24.7. The van der Waals surface area contributed by atoms with E-state index < -0.39 is 136 Å². The number of carbonyl (C=O) groups excluding carboxylic acids is 3. The van der Waals surface area contributed by atoms with E-state index in [1.54, 1.807) is 41.5 Å². The lowest BCUT2D eigenvalue weighted by Gasteiger charge is -2.63. The molecule has 16 nitrogen and oxygen atoms in total. The zero-order valence-electron chi connectivity index (χ0n) is 45.0. The number of nitrogens with zero attached hydrogens (tertiary/aromatic N) is 2. The average molecular weight is 1020 g/mol. The molecule has 0 spiro atoms. The van der Waals surface area contributed by atoms with Gasteiger partial charge in [0.05, 0.1) is 36.4 Å². The first-order chi connectivity index (χ1) is 33.3. The number of likely N-dealkylation sites (N-methyl/N-ethyl adjacent to an activating group) is 1. The number of ether oxygens (including phenoxy) is 5. The molecule has 7 aliphatic rings. The van der Waals surface area contributed by atoms with Gasteiger partial charge in [-0.25, -0.2) is 8.78 Å². The van der Waals surface area contributed by atoms with Crippen LogP contribution in [0.5, 0.6) is 0 Å². The first-order valence-electron chi connectivity index (χ1n) is 26.6. The molecule has 0 radical (unpaired) electrons. The zero-order valence-corrected chi connectivity index (χ0v) is 45.0. The van der Waals surface area contributed by atoms with Crippen LogP contribution >= 0.6 is 0 Å². The van der Waals surface area contributed by atoms with Crippen molar-refractivity contribution in [2.45, 2.75) is 230 Å². The summed E-state index contributed by atoms with van der Waals surface area (Å²) in [6.07, 6.45) is -5.08. The smallest absolute Gasteiger partial charge is 0.311 e. The monoisotopic (exact) mass is 1020 g/mol. The van der Waals surface area contributed by atoms with Crippen molar-refractivity contribution in [3.05, 3.63) is 23.8 Å². The number of fused-ring (bicyclic) bond motifs is 7. The summed E-state index contributed by atoms with van der Waals surface area (Å²) in [6.45, 7) is 20.1. The highest BCUT2D eigenvalue weighted by atomic mass is 19.1. The van der Waals surface area contributed by atoms with Crippen molar-refractivity contribution in [2.24, 2.45) is 34.0 Å². The topological polar surface area (TPSA) is 217 Å². The molecular formula is C54H87F2N3O13. The van der Waals surface area contributed by atoms with Crippen LogP contribution in [0.1, 0.15) is 134 Å². The molecule has 72 heavy (non-hydrogen) atoms. The molecule has 0 aromatic rings. The van der Waals surface area contributed by atoms with Crippen molar-refractivity contribution in [3.63, 3.8) is 0 Å². The lowest BCUT2D eigenvalue weighted by Crippen LogP contribution is -2.71. The molecule has 3 aliphatic heterocycles. The fourth-order valence-corrected chi connectivity index (χ4v) is 14.4. The lowest BCUT2D eigenvalue weighted by molar-refractivity contribution is -0.283. The van der Waals surface area contributed by atoms with Crippen LogP contribution < -0.4 is 5.32 Å². The van der Waals surface area contributed by atoms with Crippen LogP contribution in [0.15, 0.2) is 23.8 Å². The van der Waals surface area contributed by atoms with E-state index in [-0.39, 0.29) is 56.4 Å². The summed E-state index contributed by atoms with van der Waals surface area (Å²) in [4.78, 5) is 45.1. The number of hydrogen-bond acceptors (Lipinski definition) is 15. The quantitative estimate of drug-likeness (QED) is 0.139. The molecule has 1 amide bonds. The third-order valence-electron chi connectivity index (χ3n) is 18.9. The SMILES string of the molecule is CC[C@H]1OC(=O)[C@H](C)[C@@H](O)C[C@@H](O[C@H]2O[C@@H](C)C[C@H](N(C)C)C2O)C(C)(C)CCCN(CCCNC(=O)[C@@]23OC(C)(C)O[C@@H]2CC2C4C[C@H](F)C5=CC(=O)C=C[C@]5(C)[C@@]4(F)[C@@H](O)C[C@@]23C)[C@H](C)[C@H](O)[C@@]1(C)O. The maximum Gasteiger partial charge on any atom is 0.311 e. The van der Waals surface area contributed by atoms with E-state index >= 15 is 8.78 Å². The first-order valence-corrected chi connectivity index (χ1v) is 26.6. The van der Waals surface area contributed by atoms with Crippen LogP contribution in [0.25, 0.3) is 0 Å². The molecule has 18 heteroatoms. The largest absolute Gasteiger partial charge is 0.459 e. The van der Waals surface area contributed by atoms with Crippen molar-refractivity contribution in [3.8, 4) is 0 Å². The summed E-state index contributed by atoms with van der Waals surface area (Å²) < 4.78 is 66.2. The maximum absolute atomic E-state index is 18.0. The Bertz CT molecular complexity index is 2070. The van der Waals surface area contributed by atoms with E-state index in [1.165, 1.54) is 19.1 Å². The molecule has 3 heterocycles. The molecule has 3 saturated heterocycles. The minimum absolute atomic E-state index is 0.0162. The molecular weight excluding hydrogens is 937 g/mol. The second kappa shape index (κ2) is 20.5. The third kappa shape index (κ3) is 9.69. The summed E-state index contributed by atoms with van der Waals surface area (Å²) in [5.41, 5.74) is -9.37. The van der Waals surface area contributed by atoms with Crippen LogP contribution in [0.4, 0.5) is 8.78 Å². The Hall–Kier alpha value is -2.49. The van der Waals surface area contributed by atoms with E-state index in [0.29, 0.717) is 38.8 Å². The van der Waals surface area contributed by atoms with Crippen molar-refractivity contribution in [1.82, 2.24) is 15.1 Å². The predicted octanol–water partition coefficient (Wildman–Crippen LogP) is 4.45. The molecule has 20 atom stereocenters. The third-order valence-corrected chi connectivity index (χ3v) is 18.9. The van der Waals surface area contributed by atoms with Gasteiger partial charge in [-0.15, -0.1) is 0 Å². The summed E-state index contributed by atoms with van der Waals surface area (Å²) in [5, 5.41) is 62.2. The van der Waals surface area contributed by atoms with Gasteiger partial charge in [0.2, 0.25) is 0 Å². The summed E-state index contributed by atoms with van der Waals surface area (Å²) in [6, 6.07) is -0.934. The number of alkyl halides is 2. The zero-order chi connectivity index (χ0) is 53.5. The Morgan fingerprint density at radius 1 is 0.986 bits per heavy atom. The number of allylic oxidation sites excluding steroid dienone is 4. The second-order valence-corrected chi connectivity index (χ2v) is 24.7. The van der Waals surface area contributed by atoms with E-state index in [2.05, 4.69) is 5.32 Å². The Morgan fingerprint density at radius 3 is 2.32 bits per heavy atom. The van der Waals surface area contributed by atoms with Gasteiger partial charge >= 0.3 is 5.97 Å². The van der Waals surface area contributed by atoms with Gasteiger partial charge in [0, 0.05) is 48.3 Å². The normalized spacial score (nSPS) is 47.8.